The van der Waals surface area contributed by atoms with Crippen LogP contribution in [0.1, 0.15) is 32.4 Å². The fourth-order valence-corrected chi connectivity index (χ4v) is 2.65. The SMILES string of the molecule is CC(C)n1nccc1NC(=O)[C@@H](C)N(C)CC(=O)Nc1ccccc1C(F)(F)F. The van der Waals surface area contributed by atoms with Crippen molar-refractivity contribution in [2.45, 2.75) is 39.0 Å². The van der Waals surface area contributed by atoms with Gasteiger partial charge in [0.2, 0.25) is 11.8 Å². The predicted octanol–water partition coefficient (Wildman–Crippen LogP) is 3.38. The molecule has 0 radical (unpaired) electrons. The molecular weight excluding hydrogens is 387 g/mol. The molecule has 0 fully saturated rings. The van der Waals surface area contributed by atoms with Crippen molar-refractivity contribution in [3.8, 4) is 0 Å². The van der Waals surface area contributed by atoms with Crippen molar-refractivity contribution in [3.05, 3.63) is 42.1 Å². The number of benzene rings is 1. The number of alkyl halides is 3. The highest BCUT2D eigenvalue weighted by Crippen LogP contribution is 2.34. The van der Waals surface area contributed by atoms with Crippen LogP contribution in [0.5, 0.6) is 0 Å². The summed E-state index contributed by atoms with van der Waals surface area (Å²) in [7, 11) is 1.54. The average molecular weight is 411 g/mol. The van der Waals surface area contributed by atoms with E-state index in [1.807, 2.05) is 13.8 Å². The van der Waals surface area contributed by atoms with Gasteiger partial charge in [0.1, 0.15) is 5.82 Å². The number of hydrogen-bond acceptors (Lipinski definition) is 4. The summed E-state index contributed by atoms with van der Waals surface area (Å²) >= 11 is 0. The number of rotatable bonds is 7. The second-order valence-electron chi connectivity index (χ2n) is 6.93. The Kier molecular flexibility index (Phi) is 7.02. The van der Waals surface area contributed by atoms with Crippen LogP contribution in [-0.4, -0.2) is 46.1 Å². The summed E-state index contributed by atoms with van der Waals surface area (Å²) in [5.41, 5.74) is -1.25. The number of halogens is 3. The lowest BCUT2D eigenvalue weighted by molar-refractivity contribution is -0.137. The van der Waals surface area contributed by atoms with Gasteiger partial charge in [-0.1, -0.05) is 12.1 Å². The van der Waals surface area contributed by atoms with Gasteiger partial charge in [-0.25, -0.2) is 4.68 Å². The first kappa shape index (κ1) is 22.4. The van der Waals surface area contributed by atoms with Gasteiger partial charge in [0.05, 0.1) is 30.0 Å². The molecule has 0 aliphatic rings. The van der Waals surface area contributed by atoms with Crippen molar-refractivity contribution in [1.82, 2.24) is 14.7 Å². The van der Waals surface area contributed by atoms with Crippen molar-refractivity contribution in [3.63, 3.8) is 0 Å². The Labute approximate surface area is 166 Å². The third-order valence-electron chi connectivity index (χ3n) is 4.35. The van der Waals surface area contributed by atoms with E-state index < -0.39 is 23.7 Å². The maximum absolute atomic E-state index is 13.0. The molecule has 2 aromatic rings. The first-order valence-electron chi connectivity index (χ1n) is 9.01. The molecule has 2 N–H and O–H groups in total. The third-order valence-corrected chi connectivity index (χ3v) is 4.35. The van der Waals surface area contributed by atoms with Crippen molar-refractivity contribution in [1.29, 1.82) is 0 Å². The topological polar surface area (TPSA) is 79.3 Å². The van der Waals surface area contributed by atoms with E-state index in [0.717, 1.165) is 6.07 Å². The zero-order valence-electron chi connectivity index (χ0n) is 16.6. The van der Waals surface area contributed by atoms with E-state index in [-0.39, 0.29) is 24.2 Å². The normalized spacial score (nSPS) is 12.9. The Balaban J connectivity index is 1.99. The van der Waals surface area contributed by atoms with Gasteiger partial charge in [-0.3, -0.25) is 14.5 Å². The van der Waals surface area contributed by atoms with Crippen molar-refractivity contribution in [2.24, 2.45) is 0 Å². The zero-order valence-corrected chi connectivity index (χ0v) is 16.6. The van der Waals surface area contributed by atoms with E-state index >= 15 is 0 Å². The largest absolute Gasteiger partial charge is 0.418 e. The number of likely N-dealkylation sites (N-methyl/N-ethyl adjacent to an activating group) is 1. The molecular formula is C19H24F3N5O2. The monoisotopic (exact) mass is 411 g/mol. The summed E-state index contributed by atoms with van der Waals surface area (Å²) in [6, 6.07) is 5.74. The minimum atomic E-state index is -4.58. The van der Waals surface area contributed by atoms with Crippen LogP contribution in [0.3, 0.4) is 0 Å². The number of anilines is 2. The van der Waals surface area contributed by atoms with Gasteiger partial charge < -0.3 is 10.6 Å². The van der Waals surface area contributed by atoms with Crippen LogP contribution in [-0.2, 0) is 15.8 Å². The van der Waals surface area contributed by atoms with Crippen LogP contribution >= 0.6 is 0 Å². The van der Waals surface area contributed by atoms with Gasteiger partial charge in [0.25, 0.3) is 0 Å². The molecule has 7 nitrogen and oxygen atoms in total. The van der Waals surface area contributed by atoms with Gasteiger partial charge in [-0.2, -0.15) is 18.3 Å². The first-order chi connectivity index (χ1) is 13.5. The molecule has 2 amide bonds. The molecule has 158 valence electrons. The molecule has 0 saturated carbocycles. The van der Waals surface area contributed by atoms with Crippen LogP contribution < -0.4 is 10.6 Å². The maximum atomic E-state index is 13.0. The number of nitrogens with one attached hydrogen (secondary N) is 2. The molecule has 29 heavy (non-hydrogen) atoms. The van der Waals surface area contributed by atoms with E-state index in [1.54, 1.807) is 30.9 Å². The molecule has 1 aromatic carbocycles. The molecule has 0 bridgehead atoms. The lowest BCUT2D eigenvalue weighted by Crippen LogP contribution is -2.43. The van der Waals surface area contributed by atoms with Crippen LogP contribution in [0.15, 0.2) is 36.5 Å². The van der Waals surface area contributed by atoms with Crippen LogP contribution in [0, 0.1) is 0 Å². The highest BCUT2D eigenvalue weighted by atomic mass is 19.4. The summed E-state index contributed by atoms with van der Waals surface area (Å²) in [5, 5.41) is 9.14. The van der Waals surface area contributed by atoms with Crippen LogP contribution in [0.2, 0.25) is 0 Å². The van der Waals surface area contributed by atoms with E-state index in [4.69, 9.17) is 0 Å². The molecule has 1 heterocycles. The molecule has 0 unspecified atom stereocenters. The summed E-state index contributed by atoms with van der Waals surface area (Å²) in [4.78, 5) is 26.1. The summed E-state index contributed by atoms with van der Waals surface area (Å²) in [5.74, 6) is -0.497. The number of nitrogens with zero attached hydrogens (tertiary/aromatic N) is 3. The fraction of sp³-hybridized carbons (Fsp3) is 0.421. The maximum Gasteiger partial charge on any atom is 0.418 e. The number of aromatic nitrogens is 2. The Morgan fingerprint density at radius 2 is 1.79 bits per heavy atom. The average Bonchev–Trinajstić information content (AvgIpc) is 3.08. The number of hydrogen-bond donors (Lipinski definition) is 2. The molecule has 2 rings (SSSR count). The van der Waals surface area contributed by atoms with E-state index in [0.29, 0.717) is 5.82 Å². The van der Waals surface area contributed by atoms with Crippen LogP contribution in [0.25, 0.3) is 0 Å². The zero-order chi connectivity index (χ0) is 21.8. The molecule has 1 aromatic heterocycles. The lowest BCUT2D eigenvalue weighted by Gasteiger charge is -2.24. The predicted molar refractivity (Wildman–Crippen MR) is 103 cm³/mol. The second-order valence-corrected chi connectivity index (χ2v) is 6.93. The molecule has 0 aliphatic heterocycles. The van der Waals surface area contributed by atoms with Gasteiger partial charge in [-0.05, 0) is 40.0 Å². The number of carbonyl (C=O) groups is 2. The number of para-hydroxylation sites is 1. The Morgan fingerprint density at radius 3 is 2.41 bits per heavy atom. The second kappa shape index (κ2) is 9.08. The number of carbonyl (C=O) groups excluding carboxylic acids is 2. The first-order valence-corrected chi connectivity index (χ1v) is 9.01. The highest BCUT2D eigenvalue weighted by Gasteiger charge is 2.33. The van der Waals surface area contributed by atoms with Crippen molar-refractivity contribution >= 4 is 23.3 Å². The smallest absolute Gasteiger partial charge is 0.324 e. The van der Waals surface area contributed by atoms with Crippen molar-refractivity contribution in [2.75, 3.05) is 24.2 Å². The lowest BCUT2D eigenvalue weighted by atomic mass is 10.1. The summed E-state index contributed by atoms with van der Waals surface area (Å²) < 4.78 is 40.8. The minimum absolute atomic E-state index is 0.0489. The van der Waals surface area contributed by atoms with E-state index in [2.05, 4.69) is 15.7 Å². The molecule has 0 saturated heterocycles. The molecule has 10 heteroatoms. The van der Waals surface area contributed by atoms with Gasteiger partial charge in [0, 0.05) is 12.1 Å². The highest BCUT2D eigenvalue weighted by molar-refractivity contribution is 5.96. The molecule has 0 spiro atoms. The van der Waals surface area contributed by atoms with E-state index in [9.17, 15) is 22.8 Å². The Morgan fingerprint density at radius 1 is 1.14 bits per heavy atom. The molecule has 1 atom stereocenters. The van der Waals surface area contributed by atoms with Crippen molar-refractivity contribution < 1.29 is 22.8 Å². The van der Waals surface area contributed by atoms with Gasteiger partial charge in [0.15, 0.2) is 0 Å². The third kappa shape index (κ3) is 5.80. The Bertz CT molecular complexity index is 864. The summed E-state index contributed by atoms with van der Waals surface area (Å²) in [6.07, 6.45) is -3.02. The number of amides is 2. The standard InChI is InChI=1S/C19H24F3N5O2/c1-12(2)27-16(9-10-23-27)25-18(29)13(3)26(4)11-17(28)24-15-8-6-5-7-14(15)19(20,21)22/h5-10,12-13H,11H2,1-4H3,(H,24,28)(H,25,29)/t13-/m1/s1. The quantitative estimate of drug-likeness (QED) is 0.732. The minimum Gasteiger partial charge on any atom is -0.324 e. The van der Waals surface area contributed by atoms with E-state index in [1.165, 1.54) is 23.1 Å². The Hall–Kier alpha value is -2.88. The van der Waals surface area contributed by atoms with Crippen LogP contribution in [0.4, 0.5) is 24.7 Å². The van der Waals surface area contributed by atoms with Gasteiger partial charge >= 0.3 is 6.18 Å². The fourth-order valence-electron chi connectivity index (χ4n) is 2.65. The summed E-state index contributed by atoms with van der Waals surface area (Å²) in [6.45, 7) is 5.18. The molecule has 0 aliphatic carbocycles. The van der Waals surface area contributed by atoms with Gasteiger partial charge in [-0.15, -0.1) is 0 Å².